The largest absolute Gasteiger partial charge is 0.396 e. The van der Waals surface area contributed by atoms with Crippen LogP contribution in [0.25, 0.3) is 0 Å². The second-order valence-electron chi connectivity index (χ2n) is 3.76. The number of fused-ring (bicyclic) bond motifs is 1. The highest BCUT2D eigenvalue weighted by Crippen LogP contribution is 2.26. The molecule has 0 saturated heterocycles. The van der Waals surface area contributed by atoms with Crippen molar-refractivity contribution in [1.29, 1.82) is 0 Å². The molecule has 2 rings (SSSR count). The van der Waals surface area contributed by atoms with Crippen molar-refractivity contribution in [2.45, 2.75) is 12.3 Å². The summed E-state index contributed by atoms with van der Waals surface area (Å²) in [5, 5.41) is 11.9. The SMILES string of the molecule is NCC(CO)c1ccc2c(c1)CC(=O)N2. The molecular weight excluding hydrogens is 192 g/mol. The van der Waals surface area contributed by atoms with Crippen molar-refractivity contribution in [2.24, 2.45) is 5.73 Å². The average Bonchev–Trinajstić information content (AvgIpc) is 2.59. The molecule has 4 nitrogen and oxygen atoms in total. The van der Waals surface area contributed by atoms with E-state index in [1.807, 2.05) is 18.2 Å². The van der Waals surface area contributed by atoms with Crippen LogP contribution in [-0.4, -0.2) is 24.2 Å². The Balaban J connectivity index is 2.30. The van der Waals surface area contributed by atoms with Gasteiger partial charge in [-0.05, 0) is 17.2 Å². The first kappa shape index (κ1) is 10.1. The van der Waals surface area contributed by atoms with Crippen molar-refractivity contribution in [3.8, 4) is 0 Å². The number of aliphatic hydroxyl groups excluding tert-OH is 1. The Kier molecular flexibility index (Phi) is 2.70. The zero-order valence-corrected chi connectivity index (χ0v) is 8.36. The Morgan fingerprint density at radius 2 is 2.33 bits per heavy atom. The van der Waals surface area contributed by atoms with E-state index >= 15 is 0 Å². The second-order valence-corrected chi connectivity index (χ2v) is 3.76. The van der Waals surface area contributed by atoms with E-state index < -0.39 is 0 Å². The van der Waals surface area contributed by atoms with Gasteiger partial charge in [0.15, 0.2) is 0 Å². The molecule has 1 unspecified atom stereocenters. The fourth-order valence-electron chi connectivity index (χ4n) is 1.82. The summed E-state index contributed by atoms with van der Waals surface area (Å²) < 4.78 is 0. The van der Waals surface area contributed by atoms with Crippen LogP contribution in [0.2, 0.25) is 0 Å². The first-order valence-electron chi connectivity index (χ1n) is 4.98. The van der Waals surface area contributed by atoms with E-state index in [2.05, 4.69) is 5.32 Å². The number of rotatable bonds is 3. The molecule has 15 heavy (non-hydrogen) atoms. The summed E-state index contributed by atoms with van der Waals surface area (Å²) in [6, 6.07) is 5.72. The van der Waals surface area contributed by atoms with E-state index in [0.29, 0.717) is 13.0 Å². The molecule has 1 heterocycles. The lowest BCUT2D eigenvalue weighted by Gasteiger charge is -2.12. The zero-order valence-electron chi connectivity index (χ0n) is 8.36. The summed E-state index contributed by atoms with van der Waals surface area (Å²) in [5.41, 5.74) is 8.40. The van der Waals surface area contributed by atoms with Crippen LogP contribution in [0.5, 0.6) is 0 Å². The Morgan fingerprint density at radius 1 is 1.53 bits per heavy atom. The lowest BCUT2D eigenvalue weighted by Crippen LogP contribution is -2.16. The molecule has 1 aliphatic heterocycles. The van der Waals surface area contributed by atoms with Crippen molar-refractivity contribution in [3.05, 3.63) is 29.3 Å². The summed E-state index contributed by atoms with van der Waals surface area (Å²) in [5.74, 6) is -0.0125. The van der Waals surface area contributed by atoms with Crippen molar-refractivity contribution < 1.29 is 9.90 Å². The predicted molar refractivity (Wildman–Crippen MR) is 57.7 cm³/mol. The molecule has 0 aliphatic carbocycles. The standard InChI is InChI=1S/C11H14N2O2/c12-5-9(6-14)7-1-2-10-8(3-7)4-11(15)13-10/h1-3,9,14H,4-6,12H2,(H,13,15). The Labute approximate surface area is 88.1 Å². The molecule has 1 aromatic rings. The molecule has 80 valence electrons. The summed E-state index contributed by atoms with van der Waals surface area (Å²) in [4.78, 5) is 11.1. The van der Waals surface area contributed by atoms with E-state index in [4.69, 9.17) is 10.8 Å². The Hall–Kier alpha value is -1.39. The van der Waals surface area contributed by atoms with Gasteiger partial charge in [-0.3, -0.25) is 4.79 Å². The summed E-state index contributed by atoms with van der Waals surface area (Å²) in [7, 11) is 0. The predicted octanol–water partition coefficient (Wildman–Crippen LogP) is 0.216. The molecule has 1 atom stereocenters. The minimum atomic E-state index is -0.0361. The third-order valence-electron chi connectivity index (χ3n) is 2.73. The van der Waals surface area contributed by atoms with E-state index in [-0.39, 0.29) is 18.4 Å². The second kappa shape index (κ2) is 4.00. The van der Waals surface area contributed by atoms with Crippen molar-refractivity contribution >= 4 is 11.6 Å². The van der Waals surface area contributed by atoms with Gasteiger partial charge in [-0.1, -0.05) is 12.1 Å². The van der Waals surface area contributed by atoms with Crippen LogP contribution in [0.4, 0.5) is 5.69 Å². The van der Waals surface area contributed by atoms with E-state index in [9.17, 15) is 4.79 Å². The van der Waals surface area contributed by atoms with Gasteiger partial charge in [0.1, 0.15) is 0 Å². The number of benzene rings is 1. The topological polar surface area (TPSA) is 75.3 Å². The van der Waals surface area contributed by atoms with Crippen LogP contribution >= 0.6 is 0 Å². The lowest BCUT2D eigenvalue weighted by molar-refractivity contribution is -0.115. The molecule has 1 aliphatic rings. The van der Waals surface area contributed by atoms with Gasteiger partial charge in [0, 0.05) is 18.2 Å². The van der Waals surface area contributed by atoms with Crippen molar-refractivity contribution in [3.63, 3.8) is 0 Å². The monoisotopic (exact) mass is 206 g/mol. The molecule has 0 radical (unpaired) electrons. The highest BCUT2D eigenvalue weighted by Gasteiger charge is 2.19. The molecule has 4 heteroatoms. The first-order chi connectivity index (χ1) is 7.24. The van der Waals surface area contributed by atoms with Crippen LogP contribution in [0, 0.1) is 0 Å². The molecule has 1 aromatic carbocycles. The number of carbonyl (C=O) groups is 1. The molecular formula is C11H14N2O2. The van der Waals surface area contributed by atoms with Crippen LogP contribution in [-0.2, 0) is 11.2 Å². The number of anilines is 1. The van der Waals surface area contributed by atoms with E-state index in [1.165, 1.54) is 0 Å². The highest BCUT2D eigenvalue weighted by molar-refractivity contribution is 5.99. The van der Waals surface area contributed by atoms with Crippen LogP contribution < -0.4 is 11.1 Å². The van der Waals surface area contributed by atoms with Crippen molar-refractivity contribution in [2.75, 3.05) is 18.5 Å². The summed E-state index contributed by atoms with van der Waals surface area (Å²) >= 11 is 0. The molecule has 4 N–H and O–H groups in total. The smallest absolute Gasteiger partial charge is 0.228 e. The third-order valence-corrected chi connectivity index (χ3v) is 2.73. The zero-order chi connectivity index (χ0) is 10.8. The fraction of sp³-hybridized carbons (Fsp3) is 0.364. The highest BCUT2D eigenvalue weighted by atomic mass is 16.3. The van der Waals surface area contributed by atoms with Gasteiger partial charge in [0.2, 0.25) is 5.91 Å². The Morgan fingerprint density at radius 3 is 3.00 bits per heavy atom. The van der Waals surface area contributed by atoms with Gasteiger partial charge in [0.25, 0.3) is 0 Å². The van der Waals surface area contributed by atoms with Gasteiger partial charge in [-0.25, -0.2) is 0 Å². The maximum absolute atomic E-state index is 11.1. The molecule has 0 spiro atoms. The van der Waals surface area contributed by atoms with Crippen LogP contribution in [0.15, 0.2) is 18.2 Å². The van der Waals surface area contributed by atoms with Gasteiger partial charge < -0.3 is 16.2 Å². The number of nitrogens with one attached hydrogen (secondary N) is 1. The molecule has 0 bridgehead atoms. The fourth-order valence-corrected chi connectivity index (χ4v) is 1.82. The van der Waals surface area contributed by atoms with Crippen molar-refractivity contribution in [1.82, 2.24) is 0 Å². The van der Waals surface area contributed by atoms with E-state index in [0.717, 1.165) is 16.8 Å². The minimum Gasteiger partial charge on any atom is -0.396 e. The maximum atomic E-state index is 11.1. The maximum Gasteiger partial charge on any atom is 0.228 e. The molecule has 1 amide bonds. The summed E-state index contributed by atoms with van der Waals surface area (Å²) in [6.07, 6.45) is 0.423. The number of carbonyl (C=O) groups excluding carboxylic acids is 1. The number of nitrogens with two attached hydrogens (primary N) is 1. The van der Waals surface area contributed by atoms with Gasteiger partial charge >= 0.3 is 0 Å². The number of aliphatic hydroxyl groups is 1. The number of amides is 1. The molecule has 0 fully saturated rings. The van der Waals surface area contributed by atoms with Gasteiger partial charge in [-0.2, -0.15) is 0 Å². The third kappa shape index (κ3) is 1.86. The van der Waals surface area contributed by atoms with Gasteiger partial charge in [0.05, 0.1) is 13.0 Å². The van der Waals surface area contributed by atoms with Crippen LogP contribution in [0.1, 0.15) is 17.0 Å². The average molecular weight is 206 g/mol. The molecule has 0 aromatic heterocycles. The normalized spacial score (nSPS) is 16.0. The van der Waals surface area contributed by atoms with Gasteiger partial charge in [-0.15, -0.1) is 0 Å². The van der Waals surface area contributed by atoms with Crippen LogP contribution in [0.3, 0.4) is 0 Å². The minimum absolute atomic E-state index is 0.0236. The van der Waals surface area contributed by atoms with E-state index in [1.54, 1.807) is 0 Å². The quantitative estimate of drug-likeness (QED) is 0.662. The first-order valence-corrected chi connectivity index (χ1v) is 4.98. The summed E-state index contributed by atoms with van der Waals surface area (Å²) in [6.45, 7) is 0.452. The number of hydrogen-bond donors (Lipinski definition) is 3. The lowest BCUT2D eigenvalue weighted by atomic mass is 9.97. The Bertz CT molecular complexity index is 386. The number of hydrogen-bond acceptors (Lipinski definition) is 3. The molecule has 0 saturated carbocycles.